The number of rotatable bonds is 0. The first-order valence-corrected chi connectivity index (χ1v) is 0. The molecule has 0 amide bonds. The van der Waals surface area contributed by atoms with Crippen LogP contribution in [0.3, 0.4) is 0 Å². The topological polar surface area (TPSA) is 0 Å². The van der Waals surface area contributed by atoms with Crippen LogP contribution in [0.15, 0.2) is 0 Å². The van der Waals surface area contributed by atoms with Gasteiger partial charge in [0.2, 0.25) is 0 Å². The van der Waals surface area contributed by atoms with Crippen LogP contribution in [0.5, 0.6) is 0 Å². The van der Waals surface area contributed by atoms with Crippen LogP contribution in [0.2, 0.25) is 0 Å². The first kappa shape index (κ1) is 26.7. The quantitative estimate of drug-likeness (QED) is 0.412. The van der Waals surface area contributed by atoms with Crippen LogP contribution in [-0.4, -0.2) is 43.2 Å². The van der Waals surface area contributed by atoms with E-state index in [1.54, 1.807) is 0 Å². The van der Waals surface area contributed by atoms with Crippen LogP contribution in [0.4, 0.5) is 0 Å². The zero-order valence-electron chi connectivity index (χ0n) is 0.996. The van der Waals surface area contributed by atoms with E-state index in [4.69, 9.17) is 0 Å². The van der Waals surface area contributed by atoms with Crippen LogP contribution in [0.1, 0.15) is 0 Å². The second kappa shape index (κ2) is 16.3. The van der Waals surface area contributed by atoms with Crippen molar-refractivity contribution in [3.63, 3.8) is 0 Å². The first-order chi connectivity index (χ1) is 0. The van der Waals surface area contributed by atoms with Gasteiger partial charge in [0.15, 0.2) is 17.4 Å². The van der Waals surface area contributed by atoms with Crippen LogP contribution in [0.25, 0.3) is 0 Å². The fraction of sp³-hybridized carbons (Fsp3) is 0. The van der Waals surface area contributed by atoms with Gasteiger partial charge in [-0.25, -0.2) is 0 Å². The van der Waals surface area contributed by atoms with Crippen LogP contribution in [0, 0.1) is 37.3 Å². The minimum absolute atomic E-state index is 0. The molecule has 0 saturated carbocycles. The summed E-state index contributed by atoms with van der Waals surface area (Å²) in [5, 5.41) is 0. The molecule has 0 N–H and O–H groups in total. The molecule has 0 nitrogen and oxygen atoms in total. The van der Waals surface area contributed by atoms with E-state index in [0.29, 0.717) is 0 Å². The zero-order valence-corrected chi connectivity index (χ0v) is 5.82. The van der Waals surface area contributed by atoms with Crippen molar-refractivity contribution in [2.24, 2.45) is 0 Å². The normalized spacial score (nSPS) is 0. The van der Waals surface area contributed by atoms with Gasteiger partial charge in [0.25, 0.3) is 0 Å². The summed E-state index contributed by atoms with van der Waals surface area (Å²) in [6.07, 6.45) is 0. The van der Waals surface area contributed by atoms with Crippen LogP contribution in [-0.2, 0) is 19.5 Å². The molecular weight excluding hydrogens is 374 g/mol. The van der Waals surface area contributed by atoms with Gasteiger partial charge in [-0.1, -0.05) is 0 Å². The predicted molar refractivity (Wildman–Crippen MR) is 19.9 cm³/mol. The first-order valence-electron chi connectivity index (χ1n) is 0. The Labute approximate surface area is 97.7 Å². The Morgan fingerprint density at radius 3 is 1.00 bits per heavy atom. The van der Waals surface area contributed by atoms with Gasteiger partial charge in [0, 0.05) is 56.8 Å². The number of hydrogen-bond acceptors (Lipinski definition) is 0. The standard InChI is InChI=1S/Al.Er.In.Zn.6H. The maximum Gasteiger partial charge on any atom is 0 e. The van der Waals surface area contributed by atoms with Crippen molar-refractivity contribution >= 4 is 43.2 Å². The van der Waals surface area contributed by atoms with Gasteiger partial charge in [0.05, 0.1) is 0 Å². The molecular formula is H6AlErInZn. The van der Waals surface area contributed by atoms with Gasteiger partial charge < -0.3 is 0 Å². The average Bonchev–Trinajstić information content (AvgIpc) is 0. The third-order valence-electron chi connectivity index (χ3n) is 0. The molecule has 0 rings (SSSR count). The fourth-order valence-electron chi connectivity index (χ4n) is 0. The molecule has 0 aliphatic rings. The van der Waals surface area contributed by atoms with E-state index in [-0.39, 0.29) is 100.0 Å². The number of hydrogen-bond donors (Lipinski definition) is 0. The van der Waals surface area contributed by atoms with Crippen LogP contribution >= 0.6 is 0 Å². The van der Waals surface area contributed by atoms with E-state index in [2.05, 4.69) is 0 Å². The molecule has 0 aromatic rings. The van der Waals surface area contributed by atoms with Crippen LogP contribution < -0.4 is 0 Å². The van der Waals surface area contributed by atoms with E-state index in [9.17, 15) is 0 Å². The Morgan fingerprint density at radius 1 is 1.00 bits per heavy atom. The SMILES string of the molecule is [AlH3].[Er].[InH3].[Zn]. The van der Waals surface area contributed by atoms with E-state index >= 15 is 0 Å². The van der Waals surface area contributed by atoms with Gasteiger partial charge in [-0.2, -0.15) is 0 Å². The summed E-state index contributed by atoms with van der Waals surface area (Å²) >= 11 is 0. The van der Waals surface area contributed by atoms with Gasteiger partial charge in [-0.05, 0) is 0 Å². The van der Waals surface area contributed by atoms with Crippen molar-refractivity contribution in [2.75, 3.05) is 0 Å². The summed E-state index contributed by atoms with van der Waals surface area (Å²) in [7, 11) is 0. The Morgan fingerprint density at radius 2 is 1.00 bits per heavy atom. The molecule has 0 bridgehead atoms. The fourth-order valence-corrected chi connectivity index (χ4v) is 0. The van der Waals surface area contributed by atoms with Crippen molar-refractivity contribution in [3.05, 3.63) is 0 Å². The summed E-state index contributed by atoms with van der Waals surface area (Å²) in [4.78, 5) is 0. The Kier molecular flexibility index (Phi) is 109. The molecule has 0 heterocycles. The summed E-state index contributed by atoms with van der Waals surface area (Å²) in [6, 6.07) is 0. The summed E-state index contributed by atoms with van der Waals surface area (Å²) in [6.45, 7) is 0. The van der Waals surface area contributed by atoms with Crippen molar-refractivity contribution < 1.29 is 56.8 Å². The van der Waals surface area contributed by atoms with E-state index < -0.39 is 0 Å². The van der Waals surface area contributed by atoms with Gasteiger partial charge >= 0.3 is 25.8 Å². The molecule has 0 unspecified atom stereocenters. The Balaban J connectivity index is 0. The van der Waals surface area contributed by atoms with Gasteiger partial charge in [-0.3, -0.25) is 0 Å². The molecule has 4 heavy (non-hydrogen) atoms. The summed E-state index contributed by atoms with van der Waals surface area (Å²) in [5.41, 5.74) is 0. The molecule has 0 atom stereocenters. The molecule has 0 fully saturated rings. The molecule has 0 saturated heterocycles. The van der Waals surface area contributed by atoms with Gasteiger partial charge in [0.1, 0.15) is 0 Å². The maximum atomic E-state index is 0. The van der Waals surface area contributed by atoms with Crippen molar-refractivity contribution in [3.8, 4) is 0 Å². The third kappa shape index (κ3) is 8.99. The van der Waals surface area contributed by atoms with Crippen molar-refractivity contribution in [1.29, 1.82) is 0 Å². The zero-order chi connectivity index (χ0) is 0. The molecule has 0 aliphatic carbocycles. The molecule has 0 radical (unpaired) electrons. The predicted octanol–water partition coefficient (Wildman–Crippen LogP) is -2.37. The third-order valence-corrected chi connectivity index (χ3v) is 0. The largest absolute Gasteiger partial charge is 0 e. The molecule has 0 spiro atoms. The average molecular weight is 380 g/mol. The van der Waals surface area contributed by atoms with E-state index in [1.165, 1.54) is 0 Å². The molecule has 26 valence electrons. The summed E-state index contributed by atoms with van der Waals surface area (Å²) in [5.74, 6) is 0. The second-order valence-corrected chi connectivity index (χ2v) is 0. The van der Waals surface area contributed by atoms with E-state index in [1.807, 2.05) is 0 Å². The molecule has 0 aromatic carbocycles. The monoisotopic (exact) mass is 378 g/mol. The Hall–Kier alpha value is 3.27. The molecule has 0 aliphatic heterocycles. The van der Waals surface area contributed by atoms with Crippen molar-refractivity contribution in [1.82, 2.24) is 0 Å². The second-order valence-electron chi connectivity index (χ2n) is 0. The Bertz CT molecular complexity index is 8.00. The maximum absolute atomic E-state index is 0. The van der Waals surface area contributed by atoms with E-state index in [0.717, 1.165) is 0 Å². The minimum Gasteiger partial charge on any atom is 0 e. The molecule has 4 heteroatoms. The summed E-state index contributed by atoms with van der Waals surface area (Å²) < 4.78 is 0. The smallest absolute Gasteiger partial charge is 0 e. The minimum atomic E-state index is 0. The van der Waals surface area contributed by atoms with Crippen molar-refractivity contribution in [2.45, 2.75) is 0 Å². The molecule has 0 aromatic heterocycles. The van der Waals surface area contributed by atoms with Gasteiger partial charge in [-0.15, -0.1) is 0 Å².